The van der Waals surface area contributed by atoms with Crippen LogP contribution in [-0.2, 0) is 6.54 Å². The zero-order chi connectivity index (χ0) is 13.1. The van der Waals surface area contributed by atoms with Crippen LogP contribution in [0.3, 0.4) is 0 Å². The van der Waals surface area contributed by atoms with Gasteiger partial charge in [0.05, 0.1) is 11.7 Å². The third-order valence-electron chi connectivity index (χ3n) is 4.28. The highest BCUT2D eigenvalue weighted by atomic mass is 15.3. The third-order valence-corrected chi connectivity index (χ3v) is 4.28. The van der Waals surface area contributed by atoms with E-state index < -0.39 is 0 Å². The van der Waals surface area contributed by atoms with Gasteiger partial charge in [-0.25, -0.2) is 0 Å². The van der Waals surface area contributed by atoms with Gasteiger partial charge in [0.2, 0.25) is 0 Å². The lowest BCUT2D eigenvalue weighted by Gasteiger charge is -2.28. The van der Waals surface area contributed by atoms with Crippen molar-refractivity contribution in [3.63, 3.8) is 0 Å². The van der Waals surface area contributed by atoms with E-state index >= 15 is 0 Å². The van der Waals surface area contributed by atoms with Crippen molar-refractivity contribution < 1.29 is 0 Å². The molecule has 0 aromatic carbocycles. The SMILES string of the molecule is CCNCc1c(C)nn(C2CCCC(C)C2)c1C. The second-order valence-electron chi connectivity index (χ2n) is 5.80. The van der Waals surface area contributed by atoms with E-state index in [1.807, 2.05) is 0 Å². The van der Waals surface area contributed by atoms with Crippen molar-refractivity contribution in [2.24, 2.45) is 5.92 Å². The predicted octanol–water partition coefficient (Wildman–Crippen LogP) is 3.36. The molecule has 2 rings (SSSR count). The maximum Gasteiger partial charge on any atom is 0.0641 e. The molecule has 1 fully saturated rings. The van der Waals surface area contributed by atoms with Gasteiger partial charge in [0.1, 0.15) is 0 Å². The van der Waals surface area contributed by atoms with E-state index in [1.54, 1.807) is 0 Å². The number of rotatable bonds is 4. The smallest absolute Gasteiger partial charge is 0.0641 e. The van der Waals surface area contributed by atoms with Crippen LogP contribution in [-0.4, -0.2) is 16.3 Å². The molecule has 1 aromatic rings. The summed E-state index contributed by atoms with van der Waals surface area (Å²) in [6, 6.07) is 0.628. The summed E-state index contributed by atoms with van der Waals surface area (Å²) in [4.78, 5) is 0. The summed E-state index contributed by atoms with van der Waals surface area (Å²) in [5.41, 5.74) is 3.97. The van der Waals surface area contributed by atoms with E-state index in [2.05, 4.69) is 37.7 Å². The highest BCUT2D eigenvalue weighted by Crippen LogP contribution is 2.33. The Morgan fingerprint density at radius 1 is 1.33 bits per heavy atom. The molecule has 1 N–H and O–H groups in total. The first-order chi connectivity index (χ1) is 8.63. The molecule has 0 bridgehead atoms. The lowest BCUT2D eigenvalue weighted by molar-refractivity contribution is 0.263. The molecule has 1 aliphatic carbocycles. The first-order valence-electron chi connectivity index (χ1n) is 7.38. The maximum atomic E-state index is 4.80. The summed E-state index contributed by atoms with van der Waals surface area (Å²) < 4.78 is 2.30. The molecule has 0 amide bonds. The molecule has 102 valence electrons. The normalized spacial score (nSPS) is 24.4. The van der Waals surface area contributed by atoms with Gasteiger partial charge in [-0.05, 0) is 39.2 Å². The summed E-state index contributed by atoms with van der Waals surface area (Å²) in [6.07, 6.45) is 5.34. The highest BCUT2D eigenvalue weighted by molar-refractivity contribution is 5.24. The van der Waals surface area contributed by atoms with Crippen molar-refractivity contribution >= 4 is 0 Å². The fraction of sp³-hybridized carbons (Fsp3) is 0.800. The van der Waals surface area contributed by atoms with Gasteiger partial charge in [-0.3, -0.25) is 4.68 Å². The van der Waals surface area contributed by atoms with Crippen molar-refractivity contribution in [2.75, 3.05) is 6.54 Å². The van der Waals surface area contributed by atoms with Crippen LogP contribution in [0.2, 0.25) is 0 Å². The largest absolute Gasteiger partial charge is 0.313 e. The zero-order valence-corrected chi connectivity index (χ0v) is 12.3. The summed E-state index contributed by atoms with van der Waals surface area (Å²) in [7, 11) is 0. The molecule has 1 aromatic heterocycles. The molecule has 3 heteroatoms. The molecular formula is C15H27N3. The van der Waals surface area contributed by atoms with Gasteiger partial charge in [-0.2, -0.15) is 5.10 Å². The molecule has 0 saturated heterocycles. The molecule has 1 saturated carbocycles. The van der Waals surface area contributed by atoms with Gasteiger partial charge in [0.25, 0.3) is 0 Å². The predicted molar refractivity (Wildman–Crippen MR) is 75.8 cm³/mol. The van der Waals surface area contributed by atoms with Gasteiger partial charge in [-0.15, -0.1) is 0 Å². The summed E-state index contributed by atoms with van der Waals surface area (Å²) >= 11 is 0. The molecule has 1 heterocycles. The van der Waals surface area contributed by atoms with E-state index in [0.717, 1.165) is 19.0 Å². The van der Waals surface area contributed by atoms with E-state index in [0.29, 0.717) is 6.04 Å². The Hall–Kier alpha value is -0.830. The average molecular weight is 249 g/mol. The zero-order valence-electron chi connectivity index (χ0n) is 12.3. The summed E-state index contributed by atoms with van der Waals surface area (Å²) in [5, 5.41) is 8.22. The monoisotopic (exact) mass is 249 g/mol. The van der Waals surface area contributed by atoms with E-state index in [1.165, 1.54) is 42.6 Å². The van der Waals surface area contributed by atoms with E-state index in [9.17, 15) is 0 Å². The number of nitrogens with zero attached hydrogens (tertiary/aromatic N) is 2. The minimum absolute atomic E-state index is 0.628. The Balaban J connectivity index is 2.17. The Bertz CT molecular complexity index is 395. The number of hydrogen-bond donors (Lipinski definition) is 1. The summed E-state index contributed by atoms with van der Waals surface area (Å²) in [5.74, 6) is 0.852. The Morgan fingerprint density at radius 3 is 2.78 bits per heavy atom. The van der Waals surface area contributed by atoms with Crippen molar-refractivity contribution in [1.29, 1.82) is 0 Å². The standard InChI is InChI=1S/C15H27N3/c1-5-16-10-15-12(3)17-18(13(15)4)14-8-6-7-11(2)9-14/h11,14,16H,5-10H2,1-4H3. The van der Waals surface area contributed by atoms with Crippen molar-refractivity contribution in [3.05, 3.63) is 17.0 Å². The fourth-order valence-electron chi connectivity index (χ4n) is 3.18. The third kappa shape index (κ3) is 2.77. The van der Waals surface area contributed by atoms with Crippen LogP contribution in [0.1, 0.15) is 62.5 Å². The van der Waals surface area contributed by atoms with Crippen LogP contribution < -0.4 is 5.32 Å². The Labute approximate surface area is 111 Å². The molecule has 0 aliphatic heterocycles. The number of aromatic nitrogens is 2. The van der Waals surface area contributed by atoms with Crippen LogP contribution in [0.4, 0.5) is 0 Å². The molecule has 2 unspecified atom stereocenters. The fourth-order valence-corrected chi connectivity index (χ4v) is 3.18. The first kappa shape index (κ1) is 13.6. The minimum Gasteiger partial charge on any atom is -0.313 e. The number of nitrogens with one attached hydrogen (secondary N) is 1. The second kappa shape index (κ2) is 5.87. The molecule has 0 radical (unpaired) electrons. The van der Waals surface area contributed by atoms with Gasteiger partial charge in [0.15, 0.2) is 0 Å². The summed E-state index contributed by atoms with van der Waals surface area (Å²) in [6.45, 7) is 10.9. The lowest BCUT2D eigenvalue weighted by Crippen LogP contribution is -2.20. The van der Waals surface area contributed by atoms with Crippen LogP contribution in [0, 0.1) is 19.8 Å². The molecule has 2 atom stereocenters. The Morgan fingerprint density at radius 2 is 2.11 bits per heavy atom. The van der Waals surface area contributed by atoms with Crippen molar-refractivity contribution in [1.82, 2.24) is 15.1 Å². The molecule has 0 spiro atoms. The molecular weight excluding hydrogens is 222 g/mol. The minimum atomic E-state index is 0.628. The molecule has 18 heavy (non-hydrogen) atoms. The first-order valence-corrected chi connectivity index (χ1v) is 7.38. The number of aryl methyl sites for hydroxylation is 1. The van der Waals surface area contributed by atoms with Crippen molar-refractivity contribution in [3.8, 4) is 0 Å². The lowest BCUT2D eigenvalue weighted by atomic mass is 9.87. The van der Waals surface area contributed by atoms with Gasteiger partial charge in [0, 0.05) is 17.8 Å². The Kier molecular flexibility index (Phi) is 4.44. The van der Waals surface area contributed by atoms with Crippen LogP contribution in [0.5, 0.6) is 0 Å². The maximum absolute atomic E-state index is 4.80. The van der Waals surface area contributed by atoms with Gasteiger partial charge in [-0.1, -0.05) is 26.7 Å². The highest BCUT2D eigenvalue weighted by Gasteiger charge is 2.23. The topological polar surface area (TPSA) is 29.9 Å². The molecule has 3 nitrogen and oxygen atoms in total. The van der Waals surface area contributed by atoms with Gasteiger partial charge >= 0.3 is 0 Å². The second-order valence-corrected chi connectivity index (χ2v) is 5.80. The van der Waals surface area contributed by atoms with Crippen LogP contribution >= 0.6 is 0 Å². The number of hydrogen-bond acceptors (Lipinski definition) is 2. The van der Waals surface area contributed by atoms with E-state index in [4.69, 9.17) is 5.10 Å². The van der Waals surface area contributed by atoms with Crippen LogP contribution in [0.25, 0.3) is 0 Å². The van der Waals surface area contributed by atoms with Crippen LogP contribution in [0.15, 0.2) is 0 Å². The van der Waals surface area contributed by atoms with Crippen molar-refractivity contribution in [2.45, 2.75) is 66.0 Å². The average Bonchev–Trinajstić information content (AvgIpc) is 2.63. The quantitative estimate of drug-likeness (QED) is 0.886. The molecule has 1 aliphatic rings. The van der Waals surface area contributed by atoms with E-state index in [-0.39, 0.29) is 0 Å². The van der Waals surface area contributed by atoms with Gasteiger partial charge < -0.3 is 5.32 Å².